The maximum absolute atomic E-state index is 13.3. The van der Waals surface area contributed by atoms with E-state index in [1.807, 2.05) is 6.92 Å². The van der Waals surface area contributed by atoms with Crippen LogP contribution < -0.4 is 10.6 Å². The van der Waals surface area contributed by atoms with E-state index in [1.165, 1.54) is 18.5 Å². The number of carbonyl (C=O) groups excluding carboxylic acids is 1. The smallest absolute Gasteiger partial charge is 0.319 e. The van der Waals surface area contributed by atoms with Gasteiger partial charge in [-0.05, 0) is 41.1 Å². The number of nitrogens with one attached hydrogen (secondary N) is 2. The van der Waals surface area contributed by atoms with Crippen molar-refractivity contribution in [2.24, 2.45) is 0 Å². The summed E-state index contributed by atoms with van der Waals surface area (Å²) in [6, 6.07) is 3.83. The summed E-state index contributed by atoms with van der Waals surface area (Å²) in [5.41, 5.74) is 0.385. The Bertz CT molecular complexity index is 590. The first-order valence-corrected chi connectivity index (χ1v) is 6.69. The Morgan fingerprint density at radius 1 is 1.55 bits per heavy atom. The predicted molar refractivity (Wildman–Crippen MR) is 75.7 cm³/mol. The minimum atomic E-state index is -0.432. The zero-order chi connectivity index (χ0) is 14.5. The van der Waals surface area contributed by atoms with E-state index >= 15 is 0 Å². The van der Waals surface area contributed by atoms with Crippen molar-refractivity contribution in [1.82, 2.24) is 20.1 Å². The molecule has 0 aliphatic heterocycles. The van der Waals surface area contributed by atoms with Crippen LogP contribution in [0.4, 0.5) is 14.9 Å². The van der Waals surface area contributed by atoms with Crippen LogP contribution in [0.2, 0.25) is 0 Å². The molecule has 2 rings (SSSR count). The first kappa shape index (κ1) is 14.4. The van der Waals surface area contributed by atoms with E-state index in [0.29, 0.717) is 16.7 Å². The molecule has 1 heterocycles. The highest BCUT2D eigenvalue weighted by molar-refractivity contribution is 9.10. The van der Waals surface area contributed by atoms with E-state index in [9.17, 15) is 9.18 Å². The summed E-state index contributed by atoms with van der Waals surface area (Å²) in [5.74, 6) is -0.432. The Labute approximate surface area is 123 Å². The van der Waals surface area contributed by atoms with Crippen molar-refractivity contribution in [2.75, 3.05) is 5.32 Å². The van der Waals surface area contributed by atoms with Crippen LogP contribution in [-0.2, 0) is 6.54 Å². The summed E-state index contributed by atoms with van der Waals surface area (Å²) >= 11 is 3.05. The number of anilines is 1. The molecule has 1 aromatic carbocycles. The number of halogens is 2. The van der Waals surface area contributed by atoms with Gasteiger partial charge in [-0.2, -0.15) is 5.10 Å². The Balaban J connectivity index is 1.87. The first-order valence-electron chi connectivity index (χ1n) is 5.89. The highest BCUT2D eigenvalue weighted by atomic mass is 79.9. The van der Waals surface area contributed by atoms with E-state index in [-0.39, 0.29) is 6.04 Å². The van der Waals surface area contributed by atoms with Crippen LogP contribution in [0.5, 0.6) is 0 Å². The highest BCUT2D eigenvalue weighted by Gasteiger charge is 2.09. The standard InChI is InChI=1S/C12H13BrFN5O/c1-8(5-19-7-15-6-16-19)17-12(20)18-9-2-3-10(13)11(14)4-9/h2-4,6-8H,5H2,1H3,(H2,17,18,20)/t8-/m1/s1. The predicted octanol–water partition coefficient (Wildman–Crippen LogP) is 2.39. The van der Waals surface area contributed by atoms with E-state index in [0.717, 1.165) is 0 Å². The first-order chi connectivity index (χ1) is 9.54. The molecule has 1 aromatic heterocycles. The molecule has 6 nitrogen and oxygen atoms in total. The second-order valence-corrected chi connectivity index (χ2v) is 5.10. The van der Waals surface area contributed by atoms with Gasteiger partial charge in [0.25, 0.3) is 0 Å². The maximum Gasteiger partial charge on any atom is 0.319 e. The van der Waals surface area contributed by atoms with Gasteiger partial charge in [0.1, 0.15) is 18.5 Å². The summed E-state index contributed by atoms with van der Waals surface area (Å²) < 4.78 is 15.3. The molecule has 2 amide bonds. The topological polar surface area (TPSA) is 71.8 Å². The summed E-state index contributed by atoms with van der Waals surface area (Å²) in [6.07, 6.45) is 3.00. The lowest BCUT2D eigenvalue weighted by Gasteiger charge is -2.14. The number of aromatic nitrogens is 3. The normalized spacial score (nSPS) is 11.9. The molecule has 0 aliphatic carbocycles. The van der Waals surface area contributed by atoms with Crippen LogP contribution >= 0.6 is 15.9 Å². The van der Waals surface area contributed by atoms with Gasteiger partial charge < -0.3 is 10.6 Å². The van der Waals surface area contributed by atoms with Crippen LogP contribution in [0, 0.1) is 5.82 Å². The molecule has 2 aromatic rings. The number of hydrogen-bond acceptors (Lipinski definition) is 3. The van der Waals surface area contributed by atoms with Crippen LogP contribution in [-0.4, -0.2) is 26.8 Å². The number of carbonyl (C=O) groups is 1. The van der Waals surface area contributed by atoms with Crippen LogP contribution in [0.3, 0.4) is 0 Å². The van der Waals surface area contributed by atoms with Gasteiger partial charge in [-0.15, -0.1) is 0 Å². The molecule has 0 saturated carbocycles. The minimum absolute atomic E-state index is 0.142. The molecule has 0 unspecified atom stereocenters. The summed E-state index contributed by atoms with van der Waals surface area (Å²) in [7, 11) is 0. The van der Waals surface area contributed by atoms with Gasteiger partial charge in [0, 0.05) is 11.7 Å². The summed E-state index contributed by atoms with van der Waals surface area (Å²) in [6.45, 7) is 2.34. The lowest BCUT2D eigenvalue weighted by atomic mass is 10.3. The van der Waals surface area contributed by atoms with Crippen molar-refractivity contribution < 1.29 is 9.18 Å². The molecule has 20 heavy (non-hydrogen) atoms. The Morgan fingerprint density at radius 3 is 3.00 bits per heavy atom. The monoisotopic (exact) mass is 341 g/mol. The number of nitrogens with zero attached hydrogens (tertiary/aromatic N) is 3. The quantitative estimate of drug-likeness (QED) is 0.896. The fourth-order valence-electron chi connectivity index (χ4n) is 1.62. The van der Waals surface area contributed by atoms with Crippen LogP contribution in [0.15, 0.2) is 35.3 Å². The molecule has 106 valence electrons. The zero-order valence-corrected chi connectivity index (χ0v) is 12.3. The van der Waals surface area contributed by atoms with Crippen molar-refractivity contribution >= 4 is 27.6 Å². The number of amides is 2. The minimum Gasteiger partial charge on any atom is -0.334 e. The molecule has 0 saturated heterocycles. The maximum atomic E-state index is 13.3. The summed E-state index contributed by atoms with van der Waals surface area (Å²) in [4.78, 5) is 15.6. The average Bonchev–Trinajstić information content (AvgIpc) is 2.86. The van der Waals surface area contributed by atoms with E-state index in [4.69, 9.17) is 0 Å². The van der Waals surface area contributed by atoms with Gasteiger partial charge in [-0.25, -0.2) is 14.2 Å². The Morgan fingerprint density at radius 2 is 2.35 bits per heavy atom. The third-order valence-corrected chi connectivity index (χ3v) is 3.13. The molecule has 1 atom stereocenters. The second-order valence-electron chi connectivity index (χ2n) is 4.25. The molecular weight excluding hydrogens is 329 g/mol. The molecule has 8 heteroatoms. The van der Waals surface area contributed by atoms with Crippen molar-refractivity contribution in [3.8, 4) is 0 Å². The molecule has 0 aliphatic rings. The zero-order valence-electron chi connectivity index (χ0n) is 10.7. The van der Waals surface area contributed by atoms with Crippen molar-refractivity contribution in [3.63, 3.8) is 0 Å². The lowest BCUT2D eigenvalue weighted by molar-refractivity contribution is 0.247. The fourth-order valence-corrected chi connectivity index (χ4v) is 1.86. The van der Waals surface area contributed by atoms with Gasteiger partial charge in [0.15, 0.2) is 0 Å². The highest BCUT2D eigenvalue weighted by Crippen LogP contribution is 2.19. The molecule has 2 N–H and O–H groups in total. The van der Waals surface area contributed by atoms with E-state index in [1.54, 1.807) is 17.1 Å². The van der Waals surface area contributed by atoms with Crippen LogP contribution in [0.1, 0.15) is 6.92 Å². The lowest BCUT2D eigenvalue weighted by Crippen LogP contribution is -2.38. The molecule has 0 spiro atoms. The van der Waals surface area contributed by atoms with Crippen LogP contribution in [0.25, 0.3) is 0 Å². The van der Waals surface area contributed by atoms with Gasteiger partial charge in [-0.1, -0.05) is 0 Å². The SMILES string of the molecule is C[C@H](Cn1cncn1)NC(=O)Nc1ccc(Br)c(F)c1. The van der Waals surface area contributed by atoms with Crippen molar-refractivity contribution in [1.29, 1.82) is 0 Å². The third kappa shape index (κ3) is 4.02. The van der Waals surface area contributed by atoms with Gasteiger partial charge >= 0.3 is 6.03 Å². The van der Waals surface area contributed by atoms with Gasteiger partial charge in [0.05, 0.1) is 11.0 Å². The van der Waals surface area contributed by atoms with E-state index < -0.39 is 11.8 Å². The molecule has 0 fully saturated rings. The molecule has 0 bridgehead atoms. The Hall–Kier alpha value is -1.96. The van der Waals surface area contributed by atoms with Gasteiger partial charge in [-0.3, -0.25) is 4.68 Å². The number of rotatable bonds is 4. The third-order valence-electron chi connectivity index (χ3n) is 2.48. The molecule has 0 radical (unpaired) electrons. The van der Waals surface area contributed by atoms with Crippen molar-refractivity contribution in [2.45, 2.75) is 19.5 Å². The number of urea groups is 1. The second kappa shape index (κ2) is 6.47. The number of benzene rings is 1. The average molecular weight is 342 g/mol. The summed E-state index contributed by atoms with van der Waals surface area (Å²) in [5, 5.41) is 9.24. The van der Waals surface area contributed by atoms with E-state index in [2.05, 4.69) is 36.6 Å². The molecular formula is C12H13BrFN5O. The largest absolute Gasteiger partial charge is 0.334 e. The Kier molecular flexibility index (Phi) is 4.67. The van der Waals surface area contributed by atoms with Gasteiger partial charge in [0.2, 0.25) is 0 Å². The van der Waals surface area contributed by atoms with Crippen molar-refractivity contribution in [3.05, 3.63) is 41.1 Å². The fraction of sp³-hybridized carbons (Fsp3) is 0.250. The number of hydrogen-bond donors (Lipinski definition) is 2.